The molecule has 8 radical (unpaired) electrons. The molecule has 0 aliphatic heterocycles. The molecule has 0 fully saturated rings. The summed E-state index contributed by atoms with van der Waals surface area (Å²) in [6, 6.07) is 32.3. The van der Waals surface area contributed by atoms with Crippen molar-refractivity contribution in [1.82, 2.24) is 0 Å². The zero-order valence-corrected chi connectivity index (χ0v) is 18.0. The van der Waals surface area contributed by atoms with Crippen molar-refractivity contribution in [3.63, 3.8) is 0 Å². The Balaban J connectivity index is -0.000000622. The minimum atomic E-state index is -0.446. The maximum absolute atomic E-state index is 7.50. The van der Waals surface area contributed by atoms with Gasteiger partial charge in [-0.1, -0.05) is 91.0 Å². The van der Waals surface area contributed by atoms with Gasteiger partial charge in [-0.25, -0.2) is 0 Å². The molecule has 0 saturated heterocycles. The van der Waals surface area contributed by atoms with E-state index in [9.17, 15) is 0 Å². The predicted molar refractivity (Wildman–Crippen MR) is 108 cm³/mol. The molecule has 140 valence electrons. The summed E-state index contributed by atoms with van der Waals surface area (Å²) >= 11 is 0. The van der Waals surface area contributed by atoms with Crippen LogP contribution in [-0.2, 0) is 39.0 Å². The number of rotatable bonds is 3. The fourth-order valence-corrected chi connectivity index (χ4v) is 4.48. The van der Waals surface area contributed by atoms with Gasteiger partial charge in [0.15, 0.2) is 0 Å². The molecule has 0 N–H and O–H groups in total. The molecular formula is C22H15O4OsP. The minimum Gasteiger partial charge on any atom is -0.281 e. The van der Waals surface area contributed by atoms with Crippen LogP contribution in [0.5, 0.6) is 0 Å². The van der Waals surface area contributed by atoms with E-state index in [1.807, 2.05) is 0 Å². The molecule has 0 heterocycles. The van der Waals surface area contributed by atoms with Crippen LogP contribution in [0, 0.1) is 0 Å². The van der Waals surface area contributed by atoms with E-state index in [0.29, 0.717) is 0 Å². The largest absolute Gasteiger partial charge is 0.281 e. The van der Waals surface area contributed by atoms with Crippen LogP contribution in [0.2, 0.25) is 0 Å². The zero-order valence-electron chi connectivity index (χ0n) is 14.6. The Morgan fingerprint density at radius 2 is 0.571 bits per heavy atom. The van der Waals surface area contributed by atoms with Crippen molar-refractivity contribution in [2.45, 2.75) is 0 Å². The third kappa shape index (κ3) is 10.5. The quantitative estimate of drug-likeness (QED) is 0.456. The molecule has 0 atom stereocenters. The Morgan fingerprint density at radius 1 is 0.393 bits per heavy atom. The van der Waals surface area contributed by atoms with E-state index in [-0.39, 0.29) is 19.8 Å². The van der Waals surface area contributed by atoms with Crippen molar-refractivity contribution >= 4 is 51.0 Å². The van der Waals surface area contributed by atoms with Gasteiger partial charge in [-0.3, -0.25) is 19.2 Å². The maximum Gasteiger partial charge on any atom is 0.281 e. The van der Waals surface area contributed by atoms with Gasteiger partial charge in [0.05, 0.1) is 0 Å². The molecule has 28 heavy (non-hydrogen) atoms. The van der Waals surface area contributed by atoms with Crippen LogP contribution in [0.15, 0.2) is 91.0 Å². The second-order valence-corrected chi connectivity index (χ2v) is 6.56. The van der Waals surface area contributed by atoms with Crippen LogP contribution < -0.4 is 15.9 Å². The van der Waals surface area contributed by atoms with Crippen molar-refractivity contribution in [1.29, 1.82) is 0 Å². The molecule has 0 unspecified atom stereocenters. The van der Waals surface area contributed by atoms with Gasteiger partial charge in [-0.15, -0.1) is 0 Å². The summed E-state index contributed by atoms with van der Waals surface area (Å²) in [5.74, 6) is 0. The molecule has 0 aliphatic carbocycles. The SMILES string of the molecule is [C]=O.[C]=O.[C]=O.[C]=O.[Os].c1ccc(P(c2ccccc2)c2ccccc2)cc1. The third-order valence-electron chi connectivity index (χ3n) is 3.04. The van der Waals surface area contributed by atoms with Crippen molar-refractivity contribution in [2.75, 3.05) is 0 Å². The van der Waals surface area contributed by atoms with Crippen LogP contribution >= 0.6 is 7.92 Å². The van der Waals surface area contributed by atoms with Crippen LogP contribution in [-0.4, -0.2) is 27.2 Å². The van der Waals surface area contributed by atoms with Crippen LogP contribution in [0.3, 0.4) is 0 Å². The molecule has 0 saturated carbocycles. The molecule has 3 aromatic rings. The summed E-state index contributed by atoms with van der Waals surface area (Å²) in [5, 5.41) is 4.19. The molecule has 4 nitrogen and oxygen atoms in total. The van der Waals surface area contributed by atoms with Crippen LogP contribution in [0.25, 0.3) is 0 Å². The summed E-state index contributed by atoms with van der Waals surface area (Å²) in [5.41, 5.74) is 0. The van der Waals surface area contributed by atoms with Crippen LogP contribution in [0.4, 0.5) is 0 Å². The Bertz CT molecular complexity index is 598. The number of hydrogen-bond donors (Lipinski definition) is 0. The number of carbonyl (C=O) groups excluding carboxylic acids is 4. The summed E-state index contributed by atoms with van der Waals surface area (Å²) < 4.78 is 0. The van der Waals surface area contributed by atoms with Gasteiger partial charge in [-0.2, -0.15) is 0 Å². The molecule has 3 rings (SSSR count). The Labute approximate surface area is 180 Å². The van der Waals surface area contributed by atoms with E-state index in [1.54, 1.807) is 0 Å². The number of benzene rings is 3. The molecule has 0 amide bonds. The van der Waals surface area contributed by atoms with E-state index < -0.39 is 7.92 Å². The van der Waals surface area contributed by atoms with Gasteiger partial charge in [-0.05, 0) is 23.8 Å². The second-order valence-electron chi connectivity index (χ2n) is 4.34. The van der Waals surface area contributed by atoms with E-state index in [1.165, 1.54) is 15.9 Å². The first kappa shape index (κ1) is 30.1. The first-order valence-corrected chi connectivity index (χ1v) is 8.56. The van der Waals surface area contributed by atoms with E-state index in [0.717, 1.165) is 0 Å². The minimum absolute atomic E-state index is 0. The van der Waals surface area contributed by atoms with Crippen LogP contribution in [0.1, 0.15) is 0 Å². The van der Waals surface area contributed by atoms with Gasteiger partial charge in [0, 0.05) is 19.8 Å². The smallest absolute Gasteiger partial charge is 0.281 e. The normalized spacial score (nSPS) is 7.75. The Morgan fingerprint density at radius 3 is 0.750 bits per heavy atom. The molecule has 0 aromatic heterocycles. The molecule has 0 aliphatic rings. The van der Waals surface area contributed by atoms with E-state index >= 15 is 0 Å². The fraction of sp³-hybridized carbons (Fsp3) is 0. The Hall–Kier alpha value is -2.59. The standard InChI is InChI=1S/C18H15P.4CO.Os/c1-4-10-16(11-5-1)19(17-12-6-2-7-13-17)18-14-8-3-9-15-18;4*1-2;/h1-15H;;;;;. The molecular weight excluding hydrogens is 549 g/mol. The predicted octanol–water partition coefficient (Wildman–Crippen LogP) is 1.85. The summed E-state index contributed by atoms with van der Waals surface area (Å²) in [7, 11) is -0.446. The summed E-state index contributed by atoms with van der Waals surface area (Å²) in [4.78, 5) is 30.0. The third-order valence-corrected chi connectivity index (χ3v) is 5.49. The maximum atomic E-state index is 7.50. The molecule has 6 heteroatoms. The van der Waals surface area contributed by atoms with Gasteiger partial charge >= 0.3 is 0 Å². The first-order valence-electron chi connectivity index (χ1n) is 7.22. The van der Waals surface area contributed by atoms with Crippen molar-refractivity contribution in [3.8, 4) is 0 Å². The van der Waals surface area contributed by atoms with E-state index in [4.69, 9.17) is 19.2 Å². The second kappa shape index (κ2) is 22.4. The average molecular weight is 565 g/mol. The van der Waals surface area contributed by atoms with Gasteiger partial charge < -0.3 is 0 Å². The van der Waals surface area contributed by atoms with Gasteiger partial charge in [0.2, 0.25) is 0 Å². The van der Waals surface area contributed by atoms with Gasteiger partial charge in [0.25, 0.3) is 27.2 Å². The first-order chi connectivity index (χ1) is 13.4. The van der Waals surface area contributed by atoms with Crippen molar-refractivity contribution in [3.05, 3.63) is 91.0 Å². The molecule has 0 spiro atoms. The average Bonchev–Trinajstić information content (AvgIpc) is 2.82. The van der Waals surface area contributed by atoms with Crippen molar-refractivity contribution < 1.29 is 39.0 Å². The zero-order chi connectivity index (χ0) is 20.9. The Kier molecular flexibility index (Phi) is 24.2. The monoisotopic (exact) mass is 566 g/mol. The summed E-state index contributed by atoms with van der Waals surface area (Å²) in [6.45, 7) is 18.0. The van der Waals surface area contributed by atoms with E-state index in [2.05, 4.69) is 118 Å². The topological polar surface area (TPSA) is 68.3 Å². The molecule has 0 bridgehead atoms. The number of hydrogen-bond acceptors (Lipinski definition) is 4. The van der Waals surface area contributed by atoms with Crippen molar-refractivity contribution in [2.24, 2.45) is 0 Å². The molecule has 3 aromatic carbocycles. The van der Waals surface area contributed by atoms with Gasteiger partial charge in [0.1, 0.15) is 0 Å². The summed E-state index contributed by atoms with van der Waals surface area (Å²) in [6.07, 6.45) is 0. The fourth-order valence-electron chi connectivity index (χ4n) is 2.18.